The van der Waals surface area contributed by atoms with Crippen LogP contribution in [0.15, 0.2) is 12.1 Å². The van der Waals surface area contributed by atoms with E-state index in [1.807, 2.05) is 7.11 Å². The molecule has 148 valence electrons. The normalized spacial score (nSPS) is 21.6. The average Bonchev–Trinajstić information content (AvgIpc) is 3.09. The van der Waals surface area contributed by atoms with Gasteiger partial charge in [0.25, 0.3) is 0 Å². The van der Waals surface area contributed by atoms with E-state index in [9.17, 15) is 0 Å². The summed E-state index contributed by atoms with van der Waals surface area (Å²) in [4.78, 5) is 2.65. The average molecular weight is 401 g/mol. The minimum absolute atomic E-state index is 0. The van der Waals surface area contributed by atoms with E-state index >= 15 is 0 Å². The fraction of sp³-hybridized carbons (Fsp3) is 0.714. The molecule has 0 bridgehead atoms. The second-order valence-electron chi connectivity index (χ2n) is 7.99. The molecule has 0 aromatic heterocycles. The minimum atomic E-state index is 0. The Kier molecular flexibility index (Phi) is 8.53. The molecule has 5 heteroatoms. The van der Waals surface area contributed by atoms with E-state index in [4.69, 9.17) is 4.74 Å². The summed E-state index contributed by atoms with van der Waals surface area (Å²) in [7, 11) is 1.82. The van der Waals surface area contributed by atoms with Gasteiger partial charge in [-0.15, -0.1) is 24.8 Å². The molecule has 3 nitrogen and oxygen atoms in total. The molecule has 0 unspecified atom stereocenters. The smallest absolute Gasteiger partial charge is 0.123 e. The molecule has 1 aromatic carbocycles. The number of hydrogen-bond acceptors (Lipinski definition) is 3. The third-order valence-electron chi connectivity index (χ3n) is 6.57. The zero-order valence-electron chi connectivity index (χ0n) is 16.0. The molecule has 2 aliphatic heterocycles. The van der Waals surface area contributed by atoms with Gasteiger partial charge < -0.3 is 10.1 Å². The highest BCUT2D eigenvalue weighted by Crippen LogP contribution is 2.34. The van der Waals surface area contributed by atoms with Gasteiger partial charge in [-0.2, -0.15) is 0 Å². The molecule has 0 amide bonds. The van der Waals surface area contributed by atoms with E-state index < -0.39 is 0 Å². The van der Waals surface area contributed by atoms with Gasteiger partial charge in [-0.1, -0.05) is 6.07 Å². The molecule has 0 radical (unpaired) electrons. The number of ether oxygens (including phenoxy) is 1. The highest BCUT2D eigenvalue weighted by atomic mass is 35.5. The summed E-state index contributed by atoms with van der Waals surface area (Å²) in [5.74, 6) is 3.05. The Morgan fingerprint density at radius 1 is 0.962 bits per heavy atom. The van der Waals surface area contributed by atoms with Crippen molar-refractivity contribution in [3.8, 4) is 5.75 Å². The Morgan fingerprint density at radius 2 is 1.58 bits per heavy atom. The number of piperidine rings is 2. The van der Waals surface area contributed by atoms with Crippen LogP contribution < -0.4 is 10.1 Å². The summed E-state index contributed by atoms with van der Waals surface area (Å²) in [6.07, 6.45) is 9.35. The third-order valence-corrected chi connectivity index (χ3v) is 6.57. The standard InChI is InChI=1S/C21H32N2O.2ClH/c1-24-21-14-19-4-2-3-18(19)13-20(21)15-23-11-7-17(8-12-23)16-5-9-22-10-6-16;;/h13-14,16-17,22H,2-12,15H2,1H3;2*1H. The van der Waals surface area contributed by atoms with Gasteiger partial charge in [0.15, 0.2) is 0 Å². The van der Waals surface area contributed by atoms with Crippen LogP contribution in [0.3, 0.4) is 0 Å². The largest absolute Gasteiger partial charge is 0.496 e. The number of rotatable bonds is 4. The molecule has 3 aliphatic rings. The molecule has 1 aromatic rings. The topological polar surface area (TPSA) is 24.5 Å². The van der Waals surface area contributed by atoms with Crippen LogP contribution in [-0.4, -0.2) is 38.2 Å². The molecule has 0 saturated carbocycles. The zero-order valence-corrected chi connectivity index (χ0v) is 17.6. The summed E-state index contributed by atoms with van der Waals surface area (Å²) in [6, 6.07) is 4.74. The van der Waals surface area contributed by atoms with E-state index in [1.54, 1.807) is 5.56 Å². The monoisotopic (exact) mass is 400 g/mol. The maximum atomic E-state index is 5.69. The first kappa shape index (κ1) is 21.8. The first-order chi connectivity index (χ1) is 11.8. The molecule has 1 aliphatic carbocycles. The van der Waals surface area contributed by atoms with Crippen molar-refractivity contribution in [3.63, 3.8) is 0 Å². The summed E-state index contributed by atoms with van der Waals surface area (Å²) in [5.41, 5.74) is 4.48. The lowest BCUT2D eigenvalue weighted by Crippen LogP contribution is -2.39. The lowest BCUT2D eigenvalue weighted by molar-refractivity contribution is 0.125. The Labute approximate surface area is 171 Å². The number of hydrogen-bond donors (Lipinski definition) is 1. The van der Waals surface area contributed by atoms with E-state index in [-0.39, 0.29) is 24.8 Å². The number of benzene rings is 1. The van der Waals surface area contributed by atoms with Crippen LogP contribution in [0.25, 0.3) is 0 Å². The predicted molar refractivity (Wildman–Crippen MR) is 113 cm³/mol. The van der Waals surface area contributed by atoms with Crippen molar-refractivity contribution in [2.75, 3.05) is 33.3 Å². The lowest BCUT2D eigenvalue weighted by Gasteiger charge is -2.38. The zero-order chi connectivity index (χ0) is 16.4. The van der Waals surface area contributed by atoms with E-state index in [0.717, 1.165) is 24.1 Å². The van der Waals surface area contributed by atoms with Gasteiger partial charge in [-0.25, -0.2) is 0 Å². The van der Waals surface area contributed by atoms with Crippen LogP contribution in [0, 0.1) is 11.8 Å². The van der Waals surface area contributed by atoms with Gasteiger partial charge in [0.2, 0.25) is 0 Å². The van der Waals surface area contributed by atoms with Gasteiger partial charge in [0.1, 0.15) is 5.75 Å². The molecule has 1 N–H and O–H groups in total. The molecule has 0 spiro atoms. The van der Waals surface area contributed by atoms with Crippen LogP contribution >= 0.6 is 24.8 Å². The van der Waals surface area contributed by atoms with Crippen molar-refractivity contribution in [1.29, 1.82) is 0 Å². The molecule has 2 saturated heterocycles. The maximum Gasteiger partial charge on any atom is 0.123 e. The van der Waals surface area contributed by atoms with Gasteiger partial charge in [0.05, 0.1) is 7.11 Å². The van der Waals surface area contributed by atoms with E-state index in [2.05, 4.69) is 22.3 Å². The summed E-state index contributed by atoms with van der Waals surface area (Å²) in [5, 5.41) is 3.50. The van der Waals surface area contributed by atoms with Crippen molar-refractivity contribution in [1.82, 2.24) is 10.2 Å². The minimum Gasteiger partial charge on any atom is -0.496 e. The Balaban J connectivity index is 0.00000121. The summed E-state index contributed by atoms with van der Waals surface area (Å²) in [6.45, 7) is 6.05. The Morgan fingerprint density at radius 3 is 2.23 bits per heavy atom. The van der Waals surface area contributed by atoms with Crippen molar-refractivity contribution in [2.45, 2.75) is 51.5 Å². The SMILES string of the molecule is COc1cc2c(cc1CN1CCC(C3CCNCC3)CC1)CCC2.Cl.Cl. The number of likely N-dealkylation sites (tertiary alicyclic amines) is 1. The highest BCUT2D eigenvalue weighted by Gasteiger charge is 2.28. The predicted octanol–water partition coefficient (Wildman–Crippen LogP) is 4.24. The van der Waals surface area contributed by atoms with E-state index in [1.165, 1.54) is 82.3 Å². The third kappa shape index (κ3) is 4.86. The molecular formula is C21H34Cl2N2O. The van der Waals surface area contributed by atoms with Crippen molar-refractivity contribution < 1.29 is 4.74 Å². The van der Waals surface area contributed by atoms with Crippen molar-refractivity contribution in [2.24, 2.45) is 11.8 Å². The van der Waals surface area contributed by atoms with Gasteiger partial charge in [-0.3, -0.25) is 4.90 Å². The number of nitrogens with one attached hydrogen (secondary N) is 1. The Bertz CT molecular complexity index is 567. The molecule has 2 fully saturated rings. The van der Waals surface area contributed by atoms with Crippen LogP contribution in [-0.2, 0) is 19.4 Å². The van der Waals surface area contributed by atoms with E-state index in [0.29, 0.717) is 0 Å². The van der Waals surface area contributed by atoms with Gasteiger partial charge in [0, 0.05) is 12.1 Å². The molecular weight excluding hydrogens is 367 g/mol. The van der Waals surface area contributed by atoms with Gasteiger partial charge in [-0.05, 0) is 100 Å². The number of halogens is 2. The van der Waals surface area contributed by atoms with Crippen LogP contribution in [0.4, 0.5) is 0 Å². The fourth-order valence-electron chi connectivity index (χ4n) is 5.11. The summed E-state index contributed by atoms with van der Waals surface area (Å²) >= 11 is 0. The number of methoxy groups -OCH3 is 1. The molecule has 2 heterocycles. The van der Waals surface area contributed by atoms with Crippen LogP contribution in [0.5, 0.6) is 5.75 Å². The van der Waals surface area contributed by atoms with Crippen LogP contribution in [0.1, 0.15) is 48.8 Å². The quantitative estimate of drug-likeness (QED) is 0.817. The second-order valence-corrected chi connectivity index (χ2v) is 7.99. The van der Waals surface area contributed by atoms with Crippen LogP contribution in [0.2, 0.25) is 0 Å². The molecule has 26 heavy (non-hydrogen) atoms. The Hall–Kier alpha value is -0.480. The maximum absolute atomic E-state index is 5.69. The van der Waals surface area contributed by atoms with Crippen molar-refractivity contribution >= 4 is 24.8 Å². The van der Waals surface area contributed by atoms with Crippen molar-refractivity contribution in [3.05, 3.63) is 28.8 Å². The second kappa shape index (κ2) is 10.2. The first-order valence-corrected chi connectivity index (χ1v) is 9.95. The number of aryl methyl sites for hydroxylation is 2. The number of fused-ring (bicyclic) bond motifs is 1. The highest BCUT2D eigenvalue weighted by molar-refractivity contribution is 5.85. The summed E-state index contributed by atoms with van der Waals surface area (Å²) < 4.78 is 5.69. The molecule has 0 atom stereocenters. The number of nitrogens with zero attached hydrogens (tertiary/aromatic N) is 1. The fourth-order valence-corrected chi connectivity index (χ4v) is 5.11. The lowest BCUT2D eigenvalue weighted by atomic mass is 9.79. The van der Waals surface area contributed by atoms with Gasteiger partial charge >= 0.3 is 0 Å². The molecule has 4 rings (SSSR count). The first-order valence-electron chi connectivity index (χ1n) is 9.95.